The van der Waals surface area contributed by atoms with Crippen molar-refractivity contribution in [3.63, 3.8) is 0 Å². The quantitative estimate of drug-likeness (QED) is 0.209. The minimum absolute atomic E-state index is 0.0124. The Morgan fingerprint density at radius 1 is 1.21 bits per heavy atom. The van der Waals surface area contributed by atoms with Crippen LogP contribution >= 0.6 is 22.6 Å². The number of amides is 3. The highest BCUT2D eigenvalue weighted by atomic mass is 127. The molecular formula is C18H14IN3O6. The molecule has 0 spiro atoms. The summed E-state index contributed by atoms with van der Waals surface area (Å²) in [6.07, 6.45) is 1.52. The van der Waals surface area contributed by atoms with Gasteiger partial charge in [-0.1, -0.05) is 12.1 Å². The second-order valence-electron chi connectivity index (χ2n) is 5.72. The Bertz CT molecular complexity index is 1000. The first-order chi connectivity index (χ1) is 13.4. The lowest BCUT2D eigenvalue weighted by molar-refractivity contribution is -0.384. The molecule has 1 aliphatic rings. The summed E-state index contributed by atoms with van der Waals surface area (Å²) in [5.74, 6) is 0.385. The van der Waals surface area contributed by atoms with Gasteiger partial charge >= 0.3 is 6.03 Å². The van der Waals surface area contributed by atoms with Gasteiger partial charge in [-0.2, -0.15) is 0 Å². The zero-order chi connectivity index (χ0) is 20.3. The molecule has 2 N–H and O–H groups in total. The third kappa shape index (κ3) is 4.39. The van der Waals surface area contributed by atoms with Crippen LogP contribution in [0.5, 0.6) is 11.5 Å². The van der Waals surface area contributed by atoms with Crippen molar-refractivity contribution in [3.05, 3.63) is 66.9 Å². The standard InChI is InChI=1S/C18H14IN3O6/c1-27-15-8-11(7-14-17(23)21-18(24)20-14)6-13(19)16(15)28-9-10-3-2-4-12(5-10)22(25)26/h2-8H,9H2,1H3,(H2,20,21,23,24)/b14-7-. The van der Waals surface area contributed by atoms with E-state index in [4.69, 9.17) is 9.47 Å². The molecule has 3 rings (SSSR count). The van der Waals surface area contributed by atoms with E-state index in [2.05, 4.69) is 33.2 Å². The maximum Gasteiger partial charge on any atom is 0.326 e. The van der Waals surface area contributed by atoms with E-state index >= 15 is 0 Å². The van der Waals surface area contributed by atoms with Crippen LogP contribution in [0.15, 0.2) is 42.1 Å². The molecule has 2 aromatic rings. The van der Waals surface area contributed by atoms with Gasteiger partial charge in [0.1, 0.15) is 12.3 Å². The van der Waals surface area contributed by atoms with Crippen LogP contribution in [-0.2, 0) is 11.4 Å². The van der Waals surface area contributed by atoms with E-state index in [1.54, 1.807) is 24.3 Å². The number of carbonyl (C=O) groups is 2. The first-order valence-electron chi connectivity index (χ1n) is 7.95. The largest absolute Gasteiger partial charge is 0.493 e. The molecule has 9 nitrogen and oxygen atoms in total. The van der Waals surface area contributed by atoms with Crippen LogP contribution in [0.2, 0.25) is 0 Å². The Hall–Kier alpha value is -3.15. The summed E-state index contributed by atoms with van der Waals surface area (Å²) in [5, 5.41) is 15.4. The van der Waals surface area contributed by atoms with Gasteiger partial charge in [0.05, 0.1) is 15.6 Å². The lowest BCUT2D eigenvalue weighted by Crippen LogP contribution is -2.22. The Kier molecular flexibility index (Phi) is 5.78. The van der Waals surface area contributed by atoms with Gasteiger partial charge in [-0.3, -0.25) is 20.2 Å². The fraction of sp³-hybridized carbons (Fsp3) is 0.111. The van der Waals surface area contributed by atoms with Gasteiger partial charge in [-0.05, 0) is 51.9 Å². The predicted molar refractivity (Wildman–Crippen MR) is 108 cm³/mol. The lowest BCUT2D eigenvalue weighted by Gasteiger charge is -2.14. The fourth-order valence-corrected chi connectivity index (χ4v) is 3.31. The molecule has 1 aliphatic heterocycles. The fourth-order valence-electron chi connectivity index (χ4n) is 2.53. The molecule has 1 heterocycles. The molecule has 2 aromatic carbocycles. The monoisotopic (exact) mass is 495 g/mol. The summed E-state index contributed by atoms with van der Waals surface area (Å²) in [6.45, 7) is 0.118. The molecule has 144 valence electrons. The molecule has 1 saturated heterocycles. The number of ether oxygens (including phenoxy) is 2. The third-order valence-electron chi connectivity index (χ3n) is 3.79. The number of methoxy groups -OCH3 is 1. The predicted octanol–water partition coefficient (Wildman–Crippen LogP) is 2.97. The van der Waals surface area contributed by atoms with Gasteiger partial charge in [0.2, 0.25) is 0 Å². The summed E-state index contributed by atoms with van der Waals surface area (Å²) in [7, 11) is 1.48. The molecule has 10 heteroatoms. The van der Waals surface area contributed by atoms with Gasteiger partial charge in [-0.25, -0.2) is 4.79 Å². The second-order valence-corrected chi connectivity index (χ2v) is 6.88. The molecule has 28 heavy (non-hydrogen) atoms. The Morgan fingerprint density at radius 2 is 2.00 bits per heavy atom. The number of benzene rings is 2. The van der Waals surface area contributed by atoms with Crippen molar-refractivity contribution in [1.29, 1.82) is 0 Å². The smallest absolute Gasteiger partial charge is 0.326 e. The molecule has 0 unspecified atom stereocenters. The van der Waals surface area contributed by atoms with Crippen molar-refractivity contribution >= 4 is 46.3 Å². The van der Waals surface area contributed by atoms with Crippen molar-refractivity contribution in [2.75, 3.05) is 7.11 Å². The number of nitro benzene ring substituents is 1. The van der Waals surface area contributed by atoms with Crippen LogP contribution in [0.25, 0.3) is 6.08 Å². The van der Waals surface area contributed by atoms with E-state index in [1.807, 2.05) is 0 Å². The zero-order valence-electron chi connectivity index (χ0n) is 14.5. The van der Waals surface area contributed by atoms with Crippen molar-refractivity contribution in [2.45, 2.75) is 6.61 Å². The highest BCUT2D eigenvalue weighted by Crippen LogP contribution is 2.35. The number of hydrogen-bond acceptors (Lipinski definition) is 6. The van der Waals surface area contributed by atoms with Gasteiger partial charge < -0.3 is 14.8 Å². The van der Waals surface area contributed by atoms with E-state index in [0.717, 1.165) is 0 Å². The van der Waals surface area contributed by atoms with Crippen LogP contribution in [0, 0.1) is 13.7 Å². The third-order valence-corrected chi connectivity index (χ3v) is 4.59. The molecule has 0 bridgehead atoms. The van der Waals surface area contributed by atoms with Gasteiger partial charge in [-0.15, -0.1) is 0 Å². The van der Waals surface area contributed by atoms with Crippen molar-refractivity contribution < 1.29 is 24.0 Å². The minimum Gasteiger partial charge on any atom is -0.493 e. The van der Waals surface area contributed by atoms with Crippen LogP contribution in [0.3, 0.4) is 0 Å². The number of nitrogens with zero attached hydrogens (tertiary/aromatic N) is 1. The maximum atomic E-state index is 11.7. The number of nitro groups is 1. The number of nitrogens with one attached hydrogen (secondary N) is 2. The molecule has 0 radical (unpaired) electrons. The first kappa shape index (κ1) is 19.6. The van der Waals surface area contributed by atoms with Gasteiger partial charge in [0.15, 0.2) is 11.5 Å². The number of halogens is 1. The van der Waals surface area contributed by atoms with Crippen LogP contribution in [0.4, 0.5) is 10.5 Å². The molecule has 3 amide bonds. The van der Waals surface area contributed by atoms with Crippen LogP contribution in [0.1, 0.15) is 11.1 Å². The van der Waals surface area contributed by atoms with E-state index in [0.29, 0.717) is 26.2 Å². The van der Waals surface area contributed by atoms with Crippen LogP contribution in [-0.4, -0.2) is 24.0 Å². The van der Waals surface area contributed by atoms with Crippen LogP contribution < -0.4 is 20.1 Å². The minimum atomic E-state index is -0.574. The van der Waals surface area contributed by atoms with E-state index < -0.39 is 16.9 Å². The number of carbonyl (C=O) groups excluding carboxylic acids is 2. The van der Waals surface area contributed by atoms with E-state index in [-0.39, 0.29) is 18.0 Å². The maximum absolute atomic E-state index is 11.7. The molecule has 0 aliphatic carbocycles. The average molecular weight is 495 g/mol. The summed E-state index contributed by atoms with van der Waals surface area (Å²) in [5.41, 5.74) is 1.40. The molecular weight excluding hydrogens is 481 g/mol. The number of imide groups is 1. The van der Waals surface area contributed by atoms with Crippen molar-refractivity contribution in [2.24, 2.45) is 0 Å². The highest BCUT2D eigenvalue weighted by Gasteiger charge is 2.23. The first-order valence-corrected chi connectivity index (χ1v) is 9.03. The van der Waals surface area contributed by atoms with Gasteiger partial charge in [0.25, 0.3) is 11.6 Å². The number of hydrogen-bond donors (Lipinski definition) is 2. The molecule has 1 fully saturated rings. The molecule has 0 aromatic heterocycles. The zero-order valence-corrected chi connectivity index (χ0v) is 16.7. The number of non-ortho nitro benzene ring substituents is 1. The topological polar surface area (TPSA) is 120 Å². The lowest BCUT2D eigenvalue weighted by atomic mass is 10.1. The molecule has 0 atom stereocenters. The second kappa shape index (κ2) is 8.25. The summed E-state index contributed by atoms with van der Waals surface area (Å²) < 4.78 is 11.9. The molecule has 0 saturated carbocycles. The summed E-state index contributed by atoms with van der Waals surface area (Å²) in [4.78, 5) is 33.3. The average Bonchev–Trinajstić information content (AvgIpc) is 2.97. The van der Waals surface area contributed by atoms with E-state index in [9.17, 15) is 19.7 Å². The SMILES string of the molecule is COc1cc(/C=C2\NC(=O)NC2=O)cc(I)c1OCc1cccc([N+](=O)[O-])c1. The Morgan fingerprint density at radius 3 is 2.64 bits per heavy atom. The van der Waals surface area contributed by atoms with E-state index in [1.165, 1.54) is 25.3 Å². The summed E-state index contributed by atoms with van der Waals surface area (Å²) in [6, 6.07) is 9.02. The van der Waals surface area contributed by atoms with Gasteiger partial charge in [0, 0.05) is 12.1 Å². The Balaban J connectivity index is 1.83. The number of rotatable bonds is 6. The van der Waals surface area contributed by atoms with Crippen molar-refractivity contribution in [1.82, 2.24) is 10.6 Å². The Labute approximate surface area is 173 Å². The highest BCUT2D eigenvalue weighted by molar-refractivity contribution is 14.1. The van der Waals surface area contributed by atoms with Crippen molar-refractivity contribution in [3.8, 4) is 11.5 Å². The summed E-state index contributed by atoms with van der Waals surface area (Å²) >= 11 is 2.06. The normalized spacial score (nSPS) is 14.6. The number of urea groups is 1.